The van der Waals surface area contributed by atoms with Gasteiger partial charge in [0.25, 0.3) is 0 Å². The Morgan fingerprint density at radius 2 is 1.81 bits per heavy atom. The second kappa shape index (κ2) is 7.18. The molecule has 2 aromatic rings. The van der Waals surface area contributed by atoms with Gasteiger partial charge in [-0.3, -0.25) is 0 Å². The molecule has 0 unspecified atom stereocenters. The Bertz CT molecular complexity index is 628. The highest BCUT2D eigenvalue weighted by Crippen LogP contribution is 2.20. The SMILES string of the molecule is CC[C@@H](NC(=S)Nc1ccccc1F)c1ccccc1C. The predicted molar refractivity (Wildman–Crippen MR) is 90.0 cm³/mol. The molecule has 0 fully saturated rings. The Hall–Kier alpha value is -1.94. The molecule has 2 N–H and O–H groups in total. The second-order valence-electron chi connectivity index (χ2n) is 4.90. The van der Waals surface area contributed by atoms with Crippen molar-refractivity contribution in [2.75, 3.05) is 5.32 Å². The average Bonchev–Trinajstić information content (AvgIpc) is 2.48. The third-order valence-corrected chi connectivity index (χ3v) is 3.62. The van der Waals surface area contributed by atoms with Crippen LogP contribution in [-0.2, 0) is 0 Å². The first-order chi connectivity index (χ1) is 10.1. The highest BCUT2D eigenvalue weighted by molar-refractivity contribution is 7.80. The molecule has 0 saturated heterocycles. The van der Waals surface area contributed by atoms with Crippen molar-refractivity contribution in [3.63, 3.8) is 0 Å². The fourth-order valence-electron chi connectivity index (χ4n) is 2.26. The van der Waals surface area contributed by atoms with Gasteiger partial charge in [-0.15, -0.1) is 0 Å². The van der Waals surface area contributed by atoms with Crippen molar-refractivity contribution in [2.45, 2.75) is 26.3 Å². The molecule has 110 valence electrons. The Balaban J connectivity index is 2.07. The van der Waals surface area contributed by atoms with Gasteiger partial charge in [-0.2, -0.15) is 0 Å². The molecule has 0 spiro atoms. The maximum Gasteiger partial charge on any atom is 0.171 e. The number of hydrogen-bond donors (Lipinski definition) is 2. The lowest BCUT2D eigenvalue weighted by atomic mass is 10.00. The van der Waals surface area contributed by atoms with Crippen LogP contribution in [0.3, 0.4) is 0 Å². The zero-order chi connectivity index (χ0) is 15.2. The number of benzene rings is 2. The van der Waals surface area contributed by atoms with Crippen molar-refractivity contribution < 1.29 is 4.39 Å². The molecule has 21 heavy (non-hydrogen) atoms. The fraction of sp³-hybridized carbons (Fsp3) is 0.235. The second-order valence-corrected chi connectivity index (χ2v) is 5.30. The summed E-state index contributed by atoms with van der Waals surface area (Å²) in [6, 6.07) is 14.8. The van der Waals surface area contributed by atoms with Crippen molar-refractivity contribution in [3.8, 4) is 0 Å². The van der Waals surface area contributed by atoms with E-state index in [0.29, 0.717) is 10.8 Å². The maximum absolute atomic E-state index is 13.6. The molecule has 0 aromatic heterocycles. The quantitative estimate of drug-likeness (QED) is 0.809. The molecule has 0 radical (unpaired) electrons. The summed E-state index contributed by atoms with van der Waals surface area (Å²) in [6.07, 6.45) is 0.893. The van der Waals surface area contributed by atoms with Crippen LogP contribution < -0.4 is 10.6 Å². The summed E-state index contributed by atoms with van der Waals surface area (Å²) >= 11 is 5.29. The van der Waals surface area contributed by atoms with Crippen LogP contribution in [0.25, 0.3) is 0 Å². The lowest BCUT2D eigenvalue weighted by molar-refractivity contribution is 0.621. The van der Waals surface area contributed by atoms with E-state index in [1.54, 1.807) is 18.2 Å². The third-order valence-electron chi connectivity index (χ3n) is 3.40. The van der Waals surface area contributed by atoms with Crippen molar-refractivity contribution in [3.05, 3.63) is 65.5 Å². The molecule has 0 aliphatic heterocycles. The van der Waals surface area contributed by atoms with Gasteiger partial charge >= 0.3 is 0 Å². The highest BCUT2D eigenvalue weighted by atomic mass is 32.1. The first-order valence-electron chi connectivity index (χ1n) is 6.99. The Morgan fingerprint density at radius 1 is 1.14 bits per heavy atom. The molecule has 0 amide bonds. The Labute approximate surface area is 130 Å². The molecule has 2 nitrogen and oxygen atoms in total. The molecular formula is C17H19FN2S. The maximum atomic E-state index is 13.6. The molecule has 0 aliphatic rings. The van der Waals surface area contributed by atoms with Crippen LogP contribution >= 0.6 is 12.2 Å². The monoisotopic (exact) mass is 302 g/mol. The van der Waals surface area contributed by atoms with Crippen LogP contribution in [0.15, 0.2) is 48.5 Å². The lowest BCUT2D eigenvalue weighted by Gasteiger charge is -2.21. The number of nitrogens with one attached hydrogen (secondary N) is 2. The van der Waals surface area contributed by atoms with E-state index in [9.17, 15) is 4.39 Å². The normalized spacial score (nSPS) is 11.8. The van der Waals surface area contributed by atoms with Gasteiger partial charge < -0.3 is 10.6 Å². The van der Waals surface area contributed by atoms with Gasteiger partial charge in [-0.25, -0.2) is 4.39 Å². The van der Waals surface area contributed by atoms with E-state index >= 15 is 0 Å². The van der Waals surface area contributed by atoms with E-state index in [4.69, 9.17) is 12.2 Å². The smallest absolute Gasteiger partial charge is 0.171 e. The fourth-order valence-corrected chi connectivity index (χ4v) is 2.51. The van der Waals surface area contributed by atoms with Gasteiger partial charge in [0.15, 0.2) is 5.11 Å². The number of halogens is 1. The number of para-hydroxylation sites is 1. The number of thiocarbonyl (C=S) groups is 1. The van der Waals surface area contributed by atoms with Crippen LogP contribution in [0.1, 0.15) is 30.5 Å². The first kappa shape index (κ1) is 15.4. The molecule has 2 aromatic carbocycles. The van der Waals surface area contributed by atoms with Gasteiger partial charge in [-0.05, 0) is 48.8 Å². The zero-order valence-corrected chi connectivity index (χ0v) is 13.0. The van der Waals surface area contributed by atoms with Gasteiger partial charge in [-0.1, -0.05) is 43.3 Å². The van der Waals surface area contributed by atoms with Crippen LogP contribution in [-0.4, -0.2) is 5.11 Å². The van der Waals surface area contributed by atoms with Gasteiger partial charge in [0.2, 0.25) is 0 Å². The third kappa shape index (κ3) is 4.02. The lowest BCUT2D eigenvalue weighted by Crippen LogP contribution is -2.32. The molecule has 2 rings (SSSR count). The zero-order valence-electron chi connectivity index (χ0n) is 12.2. The highest BCUT2D eigenvalue weighted by Gasteiger charge is 2.13. The van der Waals surface area contributed by atoms with Crippen molar-refractivity contribution in [1.29, 1.82) is 0 Å². The Kier molecular flexibility index (Phi) is 5.28. The van der Waals surface area contributed by atoms with E-state index in [2.05, 4.69) is 36.6 Å². The molecule has 0 saturated carbocycles. The largest absolute Gasteiger partial charge is 0.356 e. The van der Waals surface area contributed by atoms with E-state index in [-0.39, 0.29) is 11.9 Å². The first-order valence-corrected chi connectivity index (χ1v) is 7.40. The van der Waals surface area contributed by atoms with Crippen LogP contribution in [0.4, 0.5) is 10.1 Å². The summed E-state index contributed by atoms with van der Waals surface area (Å²) in [7, 11) is 0. The van der Waals surface area contributed by atoms with Crippen molar-refractivity contribution >= 4 is 23.0 Å². The predicted octanol–water partition coefficient (Wildman–Crippen LogP) is 4.57. The minimum atomic E-state index is -0.314. The van der Waals surface area contributed by atoms with Gasteiger partial charge in [0.05, 0.1) is 11.7 Å². The van der Waals surface area contributed by atoms with Gasteiger partial charge in [0, 0.05) is 0 Å². The van der Waals surface area contributed by atoms with E-state index in [1.165, 1.54) is 17.2 Å². The molecule has 4 heteroatoms. The van der Waals surface area contributed by atoms with Gasteiger partial charge in [0.1, 0.15) is 5.82 Å². The number of aryl methyl sites for hydroxylation is 1. The summed E-state index contributed by atoms with van der Waals surface area (Å²) in [5.41, 5.74) is 2.80. The van der Waals surface area contributed by atoms with Crippen molar-refractivity contribution in [2.24, 2.45) is 0 Å². The summed E-state index contributed by atoms with van der Waals surface area (Å²) in [6.45, 7) is 4.17. The number of hydrogen-bond acceptors (Lipinski definition) is 1. The summed E-state index contributed by atoms with van der Waals surface area (Å²) in [5, 5.41) is 6.59. The van der Waals surface area contributed by atoms with E-state index in [0.717, 1.165) is 6.42 Å². The number of rotatable bonds is 4. The van der Waals surface area contributed by atoms with E-state index in [1.807, 2.05) is 12.1 Å². The Morgan fingerprint density at radius 3 is 2.48 bits per heavy atom. The minimum absolute atomic E-state index is 0.109. The van der Waals surface area contributed by atoms with Crippen LogP contribution in [0.5, 0.6) is 0 Å². The molecule has 1 atom stereocenters. The van der Waals surface area contributed by atoms with E-state index < -0.39 is 0 Å². The molecule has 0 heterocycles. The molecule has 0 aliphatic carbocycles. The molecule has 0 bridgehead atoms. The van der Waals surface area contributed by atoms with Crippen LogP contribution in [0.2, 0.25) is 0 Å². The standard InChI is InChI=1S/C17H19FN2S/c1-3-15(13-9-5-4-8-12(13)2)19-17(21)20-16-11-7-6-10-14(16)18/h4-11,15H,3H2,1-2H3,(H2,19,20,21)/t15-/m1/s1. The molecular weight excluding hydrogens is 283 g/mol. The van der Waals surface area contributed by atoms with Crippen LogP contribution in [0, 0.1) is 12.7 Å². The number of anilines is 1. The summed E-state index contributed by atoms with van der Waals surface area (Å²) in [5.74, 6) is -0.314. The topological polar surface area (TPSA) is 24.1 Å². The average molecular weight is 302 g/mol. The summed E-state index contributed by atoms with van der Waals surface area (Å²) in [4.78, 5) is 0. The summed E-state index contributed by atoms with van der Waals surface area (Å²) < 4.78 is 13.6. The minimum Gasteiger partial charge on any atom is -0.356 e. The van der Waals surface area contributed by atoms with Crippen molar-refractivity contribution in [1.82, 2.24) is 5.32 Å².